The first-order chi connectivity index (χ1) is 11.3. The van der Waals surface area contributed by atoms with E-state index in [0.717, 1.165) is 26.4 Å². The fourth-order valence-electron chi connectivity index (χ4n) is 1.97. The molecule has 0 aliphatic rings. The topological polar surface area (TPSA) is 44.8 Å². The van der Waals surface area contributed by atoms with Gasteiger partial charge in [-0.05, 0) is 19.1 Å². The normalized spacial score (nSPS) is 10.5. The molecule has 24 heavy (non-hydrogen) atoms. The molecule has 0 heterocycles. The van der Waals surface area contributed by atoms with E-state index in [1.54, 1.807) is 0 Å². The molecule has 0 aliphatic heterocycles. The van der Waals surface area contributed by atoms with E-state index in [4.69, 9.17) is 21.1 Å². The van der Waals surface area contributed by atoms with Crippen molar-refractivity contribution >= 4 is 17.6 Å². The van der Waals surface area contributed by atoms with Gasteiger partial charge >= 0.3 is 5.97 Å². The largest absolute Gasteiger partial charge is 0.490 e. The van der Waals surface area contributed by atoms with E-state index >= 15 is 0 Å². The van der Waals surface area contributed by atoms with Gasteiger partial charge in [-0.25, -0.2) is 13.6 Å². The summed E-state index contributed by atoms with van der Waals surface area (Å²) in [5.74, 6) is -5.51. The fourth-order valence-corrected chi connectivity index (χ4v) is 2.15. The van der Waals surface area contributed by atoms with E-state index in [1.165, 1.54) is 13.0 Å². The summed E-state index contributed by atoms with van der Waals surface area (Å²) >= 11 is 5.90. The molecule has 0 bridgehead atoms. The van der Waals surface area contributed by atoms with Crippen molar-refractivity contribution in [3.8, 4) is 17.2 Å². The highest BCUT2D eigenvalue weighted by Crippen LogP contribution is 2.39. The van der Waals surface area contributed by atoms with E-state index in [2.05, 4.69) is 4.74 Å². The number of carbonyl (C=O) groups is 1. The number of hydrogen-bond acceptors (Lipinski definition) is 4. The van der Waals surface area contributed by atoms with Gasteiger partial charge in [0, 0.05) is 11.6 Å². The molecule has 0 atom stereocenters. The van der Waals surface area contributed by atoms with E-state index in [1.807, 2.05) is 0 Å². The highest BCUT2D eigenvalue weighted by molar-refractivity contribution is 6.31. The van der Waals surface area contributed by atoms with Gasteiger partial charge in [-0.3, -0.25) is 0 Å². The Morgan fingerprint density at radius 1 is 1.08 bits per heavy atom. The molecule has 0 radical (unpaired) electrons. The summed E-state index contributed by atoms with van der Waals surface area (Å²) in [4.78, 5) is 11.8. The molecular weight excluding hydrogens is 349 g/mol. The van der Waals surface area contributed by atoms with Crippen LogP contribution in [0.15, 0.2) is 18.2 Å². The van der Waals surface area contributed by atoms with Gasteiger partial charge in [-0.2, -0.15) is 4.39 Å². The molecule has 0 N–H and O–H groups in total. The maximum absolute atomic E-state index is 14.4. The Hall–Kier alpha value is -2.41. The minimum absolute atomic E-state index is 0.0154. The van der Waals surface area contributed by atoms with Crippen LogP contribution in [0.4, 0.5) is 13.2 Å². The number of rotatable bonds is 4. The van der Waals surface area contributed by atoms with Crippen LogP contribution >= 0.6 is 11.6 Å². The van der Waals surface area contributed by atoms with Crippen LogP contribution in [0.5, 0.6) is 17.2 Å². The molecule has 2 rings (SSSR count). The van der Waals surface area contributed by atoms with E-state index in [0.29, 0.717) is 0 Å². The molecule has 128 valence electrons. The van der Waals surface area contributed by atoms with Gasteiger partial charge in [0.25, 0.3) is 0 Å². The summed E-state index contributed by atoms with van der Waals surface area (Å²) < 4.78 is 56.0. The lowest BCUT2D eigenvalue weighted by Crippen LogP contribution is -2.09. The second kappa shape index (κ2) is 7.00. The molecule has 0 unspecified atom stereocenters. The average molecular weight is 361 g/mol. The minimum atomic E-state index is -1.28. The van der Waals surface area contributed by atoms with Crippen molar-refractivity contribution in [2.45, 2.75) is 6.92 Å². The summed E-state index contributed by atoms with van der Waals surface area (Å²) in [5.41, 5.74) is -0.507. The van der Waals surface area contributed by atoms with Gasteiger partial charge in [0.1, 0.15) is 17.1 Å². The van der Waals surface area contributed by atoms with Crippen LogP contribution in [0.1, 0.15) is 15.9 Å². The maximum Gasteiger partial charge on any atom is 0.344 e. The van der Waals surface area contributed by atoms with Crippen LogP contribution in [0.2, 0.25) is 5.02 Å². The van der Waals surface area contributed by atoms with Crippen molar-refractivity contribution in [2.24, 2.45) is 0 Å². The number of ether oxygens (including phenoxy) is 3. The third-order valence-corrected chi connectivity index (χ3v) is 3.63. The van der Waals surface area contributed by atoms with Crippen molar-refractivity contribution in [3.63, 3.8) is 0 Å². The van der Waals surface area contributed by atoms with Crippen LogP contribution in [0, 0.1) is 24.4 Å². The number of hydrogen-bond donors (Lipinski definition) is 0. The number of methoxy groups -OCH3 is 2. The Balaban J connectivity index is 2.62. The van der Waals surface area contributed by atoms with Crippen molar-refractivity contribution in [1.82, 2.24) is 0 Å². The van der Waals surface area contributed by atoms with Crippen LogP contribution in [0.3, 0.4) is 0 Å². The Morgan fingerprint density at radius 2 is 1.75 bits per heavy atom. The van der Waals surface area contributed by atoms with Crippen LogP contribution in [-0.2, 0) is 4.74 Å². The van der Waals surface area contributed by atoms with Gasteiger partial charge < -0.3 is 14.2 Å². The number of esters is 1. The smallest absolute Gasteiger partial charge is 0.344 e. The predicted octanol–water partition coefficient (Wildman–Crippen LogP) is 4.65. The molecule has 0 aliphatic carbocycles. The van der Waals surface area contributed by atoms with Crippen LogP contribution in [-0.4, -0.2) is 20.2 Å². The molecule has 0 saturated heterocycles. The summed E-state index contributed by atoms with van der Waals surface area (Å²) in [5, 5.41) is -0.0169. The highest BCUT2D eigenvalue weighted by Gasteiger charge is 2.25. The lowest BCUT2D eigenvalue weighted by molar-refractivity contribution is 0.0592. The number of carbonyl (C=O) groups excluding carboxylic acids is 1. The second-order valence-corrected chi connectivity index (χ2v) is 5.06. The monoisotopic (exact) mass is 360 g/mol. The molecule has 4 nitrogen and oxygen atoms in total. The molecule has 0 aromatic heterocycles. The number of halogens is 4. The zero-order valence-electron chi connectivity index (χ0n) is 12.9. The molecule has 8 heteroatoms. The predicted molar refractivity (Wildman–Crippen MR) is 80.5 cm³/mol. The van der Waals surface area contributed by atoms with Crippen molar-refractivity contribution < 1.29 is 32.2 Å². The van der Waals surface area contributed by atoms with Gasteiger partial charge in [0.2, 0.25) is 11.6 Å². The summed E-state index contributed by atoms with van der Waals surface area (Å²) in [6.07, 6.45) is 0. The Bertz CT molecular complexity index is 809. The molecule has 0 spiro atoms. The first-order valence-corrected chi connectivity index (χ1v) is 6.96. The van der Waals surface area contributed by atoms with Crippen LogP contribution < -0.4 is 9.47 Å². The standard InChI is InChI=1S/C16H12ClF3O4/c1-7-8(17)6-11(12(13(7)19)16(21)23-3)24-10-5-4-9(18)14(20)15(10)22-2/h4-6H,1-3H3. The van der Waals surface area contributed by atoms with Crippen molar-refractivity contribution in [3.05, 3.63) is 51.8 Å². The average Bonchev–Trinajstić information content (AvgIpc) is 2.56. The lowest BCUT2D eigenvalue weighted by Gasteiger charge is -2.15. The maximum atomic E-state index is 14.4. The zero-order valence-corrected chi connectivity index (χ0v) is 13.6. The Labute approximate surface area is 140 Å². The molecule has 0 fully saturated rings. The quantitative estimate of drug-likeness (QED) is 0.744. The van der Waals surface area contributed by atoms with Crippen LogP contribution in [0.25, 0.3) is 0 Å². The van der Waals surface area contributed by atoms with Gasteiger partial charge in [0.15, 0.2) is 11.6 Å². The summed E-state index contributed by atoms with van der Waals surface area (Å²) in [6.45, 7) is 1.37. The highest BCUT2D eigenvalue weighted by atomic mass is 35.5. The minimum Gasteiger partial charge on any atom is -0.490 e. The van der Waals surface area contributed by atoms with Crippen molar-refractivity contribution in [1.29, 1.82) is 0 Å². The Kier molecular flexibility index (Phi) is 5.23. The van der Waals surface area contributed by atoms with E-state index < -0.39 is 34.7 Å². The number of benzene rings is 2. The summed E-state index contributed by atoms with van der Waals surface area (Å²) in [7, 11) is 2.17. The third kappa shape index (κ3) is 3.12. The van der Waals surface area contributed by atoms with E-state index in [-0.39, 0.29) is 22.1 Å². The van der Waals surface area contributed by atoms with Gasteiger partial charge in [-0.1, -0.05) is 11.6 Å². The van der Waals surface area contributed by atoms with E-state index in [9.17, 15) is 18.0 Å². The third-order valence-electron chi connectivity index (χ3n) is 3.24. The molecule has 0 amide bonds. The van der Waals surface area contributed by atoms with Gasteiger partial charge in [0.05, 0.1) is 19.2 Å². The first kappa shape index (κ1) is 17.9. The van der Waals surface area contributed by atoms with Crippen molar-refractivity contribution in [2.75, 3.05) is 14.2 Å². The lowest BCUT2D eigenvalue weighted by atomic mass is 10.1. The zero-order chi connectivity index (χ0) is 18.0. The molecular formula is C16H12ClF3O4. The molecule has 0 saturated carbocycles. The Morgan fingerprint density at radius 3 is 2.33 bits per heavy atom. The molecule has 2 aromatic rings. The summed E-state index contributed by atoms with van der Waals surface area (Å²) in [6, 6.07) is 3.05. The SMILES string of the molecule is COC(=O)c1c(Oc2ccc(F)c(F)c2OC)cc(Cl)c(C)c1F. The second-order valence-electron chi connectivity index (χ2n) is 4.66. The molecule has 2 aromatic carbocycles. The first-order valence-electron chi connectivity index (χ1n) is 6.58. The fraction of sp³-hybridized carbons (Fsp3) is 0.188. The van der Waals surface area contributed by atoms with Gasteiger partial charge in [-0.15, -0.1) is 0 Å².